The lowest BCUT2D eigenvalue weighted by molar-refractivity contribution is 0.0948. The van der Waals surface area contributed by atoms with Gasteiger partial charge in [-0.3, -0.25) is 4.79 Å². The van der Waals surface area contributed by atoms with E-state index in [9.17, 15) is 4.79 Å². The molecule has 7 nitrogen and oxygen atoms in total. The van der Waals surface area contributed by atoms with E-state index >= 15 is 0 Å². The van der Waals surface area contributed by atoms with Gasteiger partial charge in [-0.05, 0) is 30.9 Å². The van der Waals surface area contributed by atoms with Gasteiger partial charge in [0.2, 0.25) is 11.8 Å². The van der Waals surface area contributed by atoms with E-state index in [1.165, 1.54) is 0 Å². The fourth-order valence-electron chi connectivity index (χ4n) is 4.25. The van der Waals surface area contributed by atoms with Crippen molar-refractivity contribution in [3.05, 3.63) is 90.0 Å². The van der Waals surface area contributed by atoms with Crippen LogP contribution in [0.4, 0.5) is 11.8 Å². The number of hydrogen-bond donors (Lipinski definition) is 2. The van der Waals surface area contributed by atoms with E-state index < -0.39 is 0 Å². The van der Waals surface area contributed by atoms with E-state index in [2.05, 4.69) is 33.6 Å². The summed E-state index contributed by atoms with van der Waals surface area (Å²) in [5, 5.41) is 7.21. The first-order valence-corrected chi connectivity index (χ1v) is 11.3. The number of aromatic nitrogens is 4. The van der Waals surface area contributed by atoms with Crippen molar-refractivity contribution in [1.82, 2.24) is 24.8 Å². The van der Waals surface area contributed by atoms with Crippen molar-refractivity contribution in [2.45, 2.75) is 20.3 Å². The second-order valence-corrected chi connectivity index (χ2v) is 8.55. The van der Waals surface area contributed by atoms with Crippen molar-refractivity contribution in [2.24, 2.45) is 13.0 Å². The summed E-state index contributed by atoms with van der Waals surface area (Å²) < 4.78 is 1.70. The average Bonchev–Trinajstić information content (AvgIpc) is 3.21. The molecule has 2 N–H and O–H groups in total. The van der Waals surface area contributed by atoms with Gasteiger partial charge in [0.1, 0.15) is 0 Å². The summed E-state index contributed by atoms with van der Waals surface area (Å²) in [6.07, 6.45) is 6.85. The first-order valence-electron chi connectivity index (χ1n) is 11.3. The summed E-state index contributed by atoms with van der Waals surface area (Å²) in [5.41, 5.74) is 4.68. The van der Waals surface area contributed by atoms with Crippen LogP contribution in [-0.2, 0) is 7.05 Å². The number of carbonyl (C=O) groups excluding carboxylic acids is 1. The molecular formula is C27H26N6O. The number of amides is 1. The van der Waals surface area contributed by atoms with Crippen LogP contribution < -0.4 is 10.6 Å². The number of hydrogen-bond acceptors (Lipinski definition) is 5. The lowest BCUT2D eigenvalue weighted by Gasteiger charge is -2.21. The van der Waals surface area contributed by atoms with Crippen LogP contribution in [0.5, 0.6) is 0 Å². The number of allylic oxidation sites excluding steroid dienone is 4. The lowest BCUT2D eigenvalue weighted by Crippen LogP contribution is -2.30. The van der Waals surface area contributed by atoms with Crippen LogP contribution in [0.15, 0.2) is 84.2 Å². The summed E-state index contributed by atoms with van der Waals surface area (Å²) >= 11 is 0. The van der Waals surface area contributed by atoms with Crippen molar-refractivity contribution in [2.75, 3.05) is 5.32 Å². The van der Waals surface area contributed by atoms with Crippen LogP contribution in [0.2, 0.25) is 0 Å². The second-order valence-electron chi connectivity index (χ2n) is 8.55. The number of rotatable bonds is 5. The van der Waals surface area contributed by atoms with Crippen molar-refractivity contribution in [3.8, 4) is 11.3 Å². The van der Waals surface area contributed by atoms with Crippen LogP contribution in [0.25, 0.3) is 22.2 Å². The minimum Gasteiger partial charge on any atom is -0.328 e. The molecule has 0 saturated carbocycles. The molecule has 0 spiro atoms. The molecule has 1 atom stereocenters. The van der Waals surface area contributed by atoms with Crippen molar-refractivity contribution < 1.29 is 4.79 Å². The molecule has 170 valence electrons. The summed E-state index contributed by atoms with van der Waals surface area (Å²) in [5.74, 6) is 1.26. The highest BCUT2D eigenvalue weighted by Crippen LogP contribution is 2.28. The molecule has 1 unspecified atom stereocenters. The minimum atomic E-state index is -0.239. The fourth-order valence-corrected chi connectivity index (χ4v) is 4.25. The third-order valence-electron chi connectivity index (χ3n) is 5.99. The van der Waals surface area contributed by atoms with E-state index in [4.69, 9.17) is 4.98 Å². The Kier molecular flexibility index (Phi) is 5.67. The molecule has 34 heavy (non-hydrogen) atoms. The van der Waals surface area contributed by atoms with Gasteiger partial charge >= 0.3 is 0 Å². The molecule has 2 heterocycles. The summed E-state index contributed by atoms with van der Waals surface area (Å²) in [4.78, 5) is 27.0. The second kappa shape index (κ2) is 8.94. The highest BCUT2D eigenvalue weighted by molar-refractivity contribution is 5.94. The van der Waals surface area contributed by atoms with Gasteiger partial charge < -0.3 is 15.2 Å². The van der Waals surface area contributed by atoms with E-state index in [1.54, 1.807) is 17.8 Å². The Labute approximate surface area is 198 Å². The number of imidazole rings is 1. The number of nitrogens with zero attached hydrogens (tertiary/aromatic N) is 4. The highest BCUT2D eigenvalue weighted by Gasteiger charge is 2.21. The summed E-state index contributed by atoms with van der Waals surface area (Å²) in [6.45, 7) is 4.12. The summed E-state index contributed by atoms with van der Waals surface area (Å²) in [7, 11) is 1.80. The Morgan fingerprint density at radius 3 is 2.59 bits per heavy atom. The average molecular weight is 451 g/mol. The van der Waals surface area contributed by atoms with Crippen LogP contribution in [0.3, 0.4) is 0 Å². The van der Waals surface area contributed by atoms with E-state index in [1.807, 2.05) is 67.6 Å². The minimum absolute atomic E-state index is 0.239. The van der Waals surface area contributed by atoms with Crippen molar-refractivity contribution >= 4 is 28.6 Å². The summed E-state index contributed by atoms with van der Waals surface area (Å²) in [6, 6.07) is 17.9. The van der Waals surface area contributed by atoms with Crippen LogP contribution in [0, 0.1) is 5.92 Å². The maximum atomic E-state index is 13.0. The quantitative estimate of drug-likeness (QED) is 0.427. The maximum absolute atomic E-state index is 13.0. The van der Waals surface area contributed by atoms with Gasteiger partial charge in [0.05, 0.1) is 11.2 Å². The monoisotopic (exact) mass is 450 g/mol. The predicted molar refractivity (Wildman–Crippen MR) is 135 cm³/mol. The molecule has 1 amide bonds. The van der Waals surface area contributed by atoms with Gasteiger partial charge in [-0.25, -0.2) is 15.0 Å². The van der Waals surface area contributed by atoms with Crippen LogP contribution >= 0.6 is 0 Å². The number of anilines is 2. The zero-order chi connectivity index (χ0) is 23.7. The molecule has 0 fully saturated rings. The molecule has 0 radical (unpaired) electrons. The molecule has 7 heteroatoms. The predicted octanol–water partition coefficient (Wildman–Crippen LogP) is 5.37. The third-order valence-corrected chi connectivity index (χ3v) is 5.99. The molecule has 1 aliphatic rings. The topological polar surface area (TPSA) is 84.7 Å². The SMILES string of the molecule is CC1=C(NC(=O)c2nc(Nc3nc(-c4ccccc4)c4ccccc4n3)cn2C)C(C)CC=C1. The van der Waals surface area contributed by atoms with Crippen LogP contribution in [-0.4, -0.2) is 25.4 Å². The first-order chi connectivity index (χ1) is 16.5. The Morgan fingerprint density at radius 1 is 1.03 bits per heavy atom. The Hall–Kier alpha value is -4.26. The number of benzene rings is 2. The highest BCUT2D eigenvalue weighted by atomic mass is 16.2. The van der Waals surface area contributed by atoms with Gasteiger partial charge in [-0.1, -0.05) is 67.6 Å². The van der Waals surface area contributed by atoms with E-state index in [0.29, 0.717) is 17.6 Å². The van der Waals surface area contributed by atoms with Gasteiger partial charge in [-0.2, -0.15) is 0 Å². The standard InChI is InChI=1S/C27H26N6O/c1-17-10-9-11-18(2)23(17)31-26(34)25-29-22(16-33(25)3)30-27-28-21-15-8-7-14-20(21)24(32-27)19-12-5-4-6-13-19/h4-10,12-16,18H,11H2,1-3H3,(H,31,34)(H,28,30,32). The largest absolute Gasteiger partial charge is 0.328 e. The molecule has 5 rings (SSSR count). The number of nitrogens with one attached hydrogen (secondary N) is 2. The maximum Gasteiger partial charge on any atom is 0.291 e. The first kappa shape index (κ1) is 21.6. The zero-order valence-corrected chi connectivity index (χ0v) is 19.4. The number of para-hydroxylation sites is 1. The molecule has 1 aliphatic carbocycles. The third kappa shape index (κ3) is 4.20. The van der Waals surface area contributed by atoms with Gasteiger partial charge in [0, 0.05) is 29.9 Å². The fraction of sp³-hybridized carbons (Fsp3) is 0.185. The molecule has 2 aromatic carbocycles. The van der Waals surface area contributed by atoms with Gasteiger partial charge in [0.15, 0.2) is 5.82 Å². The molecule has 4 aromatic rings. The number of carbonyl (C=O) groups is 1. The number of fused-ring (bicyclic) bond motifs is 1. The number of aryl methyl sites for hydroxylation is 1. The van der Waals surface area contributed by atoms with Crippen molar-refractivity contribution in [1.29, 1.82) is 0 Å². The van der Waals surface area contributed by atoms with Crippen LogP contribution in [0.1, 0.15) is 30.9 Å². The van der Waals surface area contributed by atoms with Gasteiger partial charge in [-0.15, -0.1) is 0 Å². The Bertz CT molecular complexity index is 1430. The Balaban J connectivity index is 1.45. The Morgan fingerprint density at radius 2 is 1.79 bits per heavy atom. The van der Waals surface area contributed by atoms with E-state index in [-0.39, 0.29) is 11.8 Å². The smallest absolute Gasteiger partial charge is 0.291 e. The van der Waals surface area contributed by atoms with Gasteiger partial charge in [0.25, 0.3) is 5.91 Å². The zero-order valence-electron chi connectivity index (χ0n) is 19.4. The molecule has 0 aliphatic heterocycles. The molecule has 2 aromatic heterocycles. The molecular weight excluding hydrogens is 424 g/mol. The normalized spacial score (nSPS) is 15.6. The molecule has 0 bridgehead atoms. The molecule has 0 saturated heterocycles. The lowest BCUT2D eigenvalue weighted by atomic mass is 9.94. The van der Waals surface area contributed by atoms with E-state index in [0.717, 1.165) is 39.9 Å². The van der Waals surface area contributed by atoms with Crippen molar-refractivity contribution in [3.63, 3.8) is 0 Å².